The summed E-state index contributed by atoms with van der Waals surface area (Å²) in [6, 6.07) is 5.88. The number of hydrogen-bond donors (Lipinski definition) is 4. The third-order valence-electron chi connectivity index (χ3n) is 5.51. The van der Waals surface area contributed by atoms with Crippen molar-refractivity contribution in [3.63, 3.8) is 0 Å². The molecule has 2 aliphatic heterocycles. The second-order valence-electron chi connectivity index (χ2n) is 7.49. The Kier molecular flexibility index (Phi) is 6.52. The highest BCUT2D eigenvalue weighted by Crippen LogP contribution is 2.26. The Morgan fingerprint density at radius 3 is 3.04 bits per heavy atom. The Labute approximate surface area is 169 Å². The molecule has 0 bridgehead atoms. The zero-order valence-electron chi connectivity index (χ0n) is 15.8. The maximum atomic E-state index is 10.4. The van der Waals surface area contributed by atoms with Crippen LogP contribution in [0.15, 0.2) is 22.6 Å². The Balaban J connectivity index is 1.25. The topological polar surface area (TPSA) is 98.6 Å². The number of aromatic hydroxyl groups is 1. The van der Waals surface area contributed by atoms with Crippen molar-refractivity contribution in [1.82, 2.24) is 14.9 Å². The monoisotopic (exact) mass is 408 g/mol. The minimum Gasteiger partial charge on any atom is -0.508 e. The molecular weight excluding hydrogens is 380 g/mol. The maximum absolute atomic E-state index is 10.4. The SMILES string of the molecule is Oc1ccc2c(c1)CC(NCC(O)COC1(N3CCOCC3)C=NSN1)CC2. The molecule has 0 aromatic heterocycles. The lowest BCUT2D eigenvalue weighted by molar-refractivity contribution is -0.150. The first-order chi connectivity index (χ1) is 13.6. The fourth-order valence-corrected chi connectivity index (χ4v) is 4.54. The van der Waals surface area contributed by atoms with Gasteiger partial charge in [-0.3, -0.25) is 4.90 Å². The molecule has 154 valence electrons. The molecule has 0 spiro atoms. The lowest BCUT2D eigenvalue weighted by Crippen LogP contribution is -2.62. The van der Waals surface area contributed by atoms with Gasteiger partial charge in [0.05, 0.1) is 44.3 Å². The quantitative estimate of drug-likeness (QED) is 0.483. The third kappa shape index (κ3) is 4.68. The predicted molar refractivity (Wildman–Crippen MR) is 108 cm³/mol. The van der Waals surface area contributed by atoms with Gasteiger partial charge in [0, 0.05) is 25.7 Å². The first-order valence-corrected chi connectivity index (χ1v) is 10.6. The van der Waals surface area contributed by atoms with E-state index in [0.29, 0.717) is 31.5 Å². The van der Waals surface area contributed by atoms with E-state index in [1.165, 1.54) is 23.3 Å². The van der Waals surface area contributed by atoms with Gasteiger partial charge in [-0.15, -0.1) is 0 Å². The van der Waals surface area contributed by atoms with E-state index >= 15 is 0 Å². The summed E-state index contributed by atoms with van der Waals surface area (Å²) in [5, 5.41) is 23.6. The van der Waals surface area contributed by atoms with Crippen LogP contribution in [0.4, 0.5) is 0 Å². The van der Waals surface area contributed by atoms with Crippen LogP contribution in [0.2, 0.25) is 0 Å². The Bertz CT molecular complexity index is 701. The fraction of sp³-hybridized carbons (Fsp3) is 0.632. The largest absolute Gasteiger partial charge is 0.508 e. The molecule has 0 saturated carbocycles. The normalized spacial score (nSPS) is 29.0. The Morgan fingerprint density at radius 1 is 1.39 bits per heavy atom. The Hall–Kier alpha value is -1.20. The molecular formula is C19H28N4O4S. The number of hydrogen-bond acceptors (Lipinski definition) is 9. The van der Waals surface area contributed by atoms with E-state index in [9.17, 15) is 10.2 Å². The molecule has 1 aromatic rings. The number of ether oxygens (including phenoxy) is 2. The van der Waals surface area contributed by atoms with E-state index in [0.717, 1.165) is 32.4 Å². The number of phenols is 1. The van der Waals surface area contributed by atoms with Crippen LogP contribution in [0.25, 0.3) is 0 Å². The molecule has 4 N–H and O–H groups in total. The van der Waals surface area contributed by atoms with E-state index in [1.54, 1.807) is 12.3 Å². The van der Waals surface area contributed by atoms with Crippen molar-refractivity contribution in [2.45, 2.75) is 37.3 Å². The second-order valence-corrected chi connectivity index (χ2v) is 8.09. The standard InChI is InChI=1S/C19H28N4O4S/c24-17-4-2-14-1-3-16(9-15(14)10-17)20-11-18(25)12-27-19(13-21-28-22-19)23-5-7-26-8-6-23/h2,4,10,13,16,18,20,22,24-25H,1,3,5-9,11-12H2. The molecule has 8 nitrogen and oxygen atoms in total. The van der Waals surface area contributed by atoms with Crippen LogP contribution < -0.4 is 10.0 Å². The molecule has 3 aliphatic rings. The minimum atomic E-state index is -0.781. The van der Waals surface area contributed by atoms with Crippen LogP contribution in [0.3, 0.4) is 0 Å². The lowest BCUT2D eigenvalue weighted by Gasteiger charge is -2.40. The summed E-state index contributed by atoms with van der Waals surface area (Å²) in [5.41, 5.74) is 2.49. The van der Waals surface area contributed by atoms with Gasteiger partial charge in [0.1, 0.15) is 5.75 Å². The highest BCUT2D eigenvalue weighted by Gasteiger charge is 2.40. The van der Waals surface area contributed by atoms with Crippen molar-refractivity contribution in [3.05, 3.63) is 29.3 Å². The van der Waals surface area contributed by atoms with Gasteiger partial charge in [0.25, 0.3) is 0 Å². The average molecular weight is 409 g/mol. The van der Waals surface area contributed by atoms with Gasteiger partial charge in [-0.1, -0.05) is 6.07 Å². The molecule has 0 radical (unpaired) electrons. The first kappa shape index (κ1) is 20.1. The van der Waals surface area contributed by atoms with Crippen LogP contribution in [0.1, 0.15) is 17.5 Å². The summed E-state index contributed by atoms with van der Waals surface area (Å²) in [4.78, 5) is 2.14. The number of nitrogens with zero attached hydrogens (tertiary/aromatic N) is 2. The van der Waals surface area contributed by atoms with Crippen molar-refractivity contribution in [3.8, 4) is 5.75 Å². The van der Waals surface area contributed by atoms with Crippen molar-refractivity contribution in [2.24, 2.45) is 4.40 Å². The van der Waals surface area contributed by atoms with Crippen LogP contribution in [-0.4, -0.2) is 78.8 Å². The van der Waals surface area contributed by atoms with Crippen LogP contribution in [-0.2, 0) is 22.3 Å². The smallest absolute Gasteiger partial charge is 0.226 e. The molecule has 1 aromatic carbocycles. The van der Waals surface area contributed by atoms with Crippen molar-refractivity contribution >= 4 is 18.3 Å². The Morgan fingerprint density at radius 2 is 2.25 bits per heavy atom. The van der Waals surface area contributed by atoms with Gasteiger partial charge in [-0.2, -0.15) is 4.72 Å². The molecule has 28 heavy (non-hydrogen) atoms. The molecule has 3 atom stereocenters. The first-order valence-electron chi connectivity index (χ1n) is 9.81. The van der Waals surface area contributed by atoms with E-state index in [-0.39, 0.29) is 6.61 Å². The molecule has 4 rings (SSSR count). The number of phenolic OH excluding ortho intramolecular Hbond substituents is 1. The van der Waals surface area contributed by atoms with Crippen LogP contribution in [0, 0.1) is 0 Å². The summed E-state index contributed by atoms with van der Waals surface area (Å²) in [6.45, 7) is 3.49. The summed E-state index contributed by atoms with van der Waals surface area (Å²) < 4.78 is 18.9. The van der Waals surface area contributed by atoms with E-state index in [4.69, 9.17) is 9.47 Å². The second kappa shape index (κ2) is 9.08. The molecule has 1 saturated heterocycles. The number of aliphatic hydroxyl groups is 1. The van der Waals surface area contributed by atoms with Gasteiger partial charge in [0.15, 0.2) is 0 Å². The predicted octanol–water partition coefficient (Wildman–Crippen LogP) is 0.440. The van der Waals surface area contributed by atoms with E-state index in [2.05, 4.69) is 19.3 Å². The number of fused-ring (bicyclic) bond motifs is 1. The summed E-state index contributed by atoms with van der Waals surface area (Å²) >= 11 is 1.25. The van der Waals surface area contributed by atoms with Gasteiger partial charge >= 0.3 is 0 Å². The summed E-state index contributed by atoms with van der Waals surface area (Å²) in [7, 11) is 0. The molecule has 0 amide bonds. The number of morpholine rings is 1. The van der Waals surface area contributed by atoms with Crippen molar-refractivity contribution < 1.29 is 19.7 Å². The van der Waals surface area contributed by atoms with Crippen LogP contribution >= 0.6 is 12.1 Å². The van der Waals surface area contributed by atoms with Gasteiger partial charge in [-0.25, -0.2) is 4.40 Å². The van der Waals surface area contributed by atoms with Crippen molar-refractivity contribution in [1.29, 1.82) is 0 Å². The molecule has 2 heterocycles. The highest BCUT2D eigenvalue weighted by atomic mass is 32.2. The zero-order chi connectivity index (χ0) is 19.4. The van der Waals surface area contributed by atoms with Gasteiger partial charge in [-0.05, 0) is 42.5 Å². The highest BCUT2D eigenvalue weighted by molar-refractivity contribution is 7.96. The number of benzene rings is 1. The lowest BCUT2D eigenvalue weighted by atomic mass is 9.88. The minimum absolute atomic E-state index is 0.202. The zero-order valence-corrected chi connectivity index (χ0v) is 16.7. The third-order valence-corrected chi connectivity index (χ3v) is 6.10. The number of aryl methyl sites for hydroxylation is 1. The summed E-state index contributed by atoms with van der Waals surface area (Å²) in [5.74, 6) is -0.471. The average Bonchev–Trinajstić information content (AvgIpc) is 3.21. The van der Waals surface area contributed by atoms with E-state index in [1.807, 2.05) is 12.1 Å². The van der Waals surface area contributed by atoms with Crippen molar-refractivity contribution in [2.75, 3.05) is 39.5 Å². The molecule has 3 unspecified atom stereocenters. The number of aliphatic hydroxyl groups excluding tert-OH is 1. The molecule has 1 aliphatic carbocycles. The maximum Gasteiger partial charge on any atom is 0.226 e. The number of nitrogens with one attached hydrogen (secondary N) is 2. The summed E-state index contributed by atoms with van der Waals surface area (Å²) in [6.07, 6.45) is 4.00. The molecule has 9 heteroatoms. The number of rotatable bonds is 7. The van der Waals surface area contributed by atoms with E-state index < -0.39 is 12.0 Å². The van der Waals surface area contributed by atoms with Crippen LogP contribution in [0.5, 0.6) is 5.75 Å². The fourth-order valence-electron chi connectivity index (χ4n) is 3.92. The van der Waals surface area contributed by atoms with Gasteiger partial charge in [0.2, 0.25) is 5.85 Å². The molecule has 1 fully saturated rings. The van der Waals surface area contributed by atoms with Gasteiger partial charge < -0.3 is 25.0 Å².